The highest BCUT2D eigenvalue weighted by atomic mass is 32.2. The highest BCUT2D eigenvalue weighted by molar-refractivity contribution is 8.13. The molecule has 2 aromatic carbocycles. The number of morpholine rings is 1. The van der Waals surface area contributed by atoms with Gasteiger partial charge in [-0.05, 0) is 0 Å². The molecule has 0 unspecified atom stereocenters. The van der Waals surface area contributed by atoms with Crippen LogP contribution in [0.1, 0.15) is 0 Å². The van der Waals surface area contributed by atoms with E-state index in [-0.39, 0.29) is 5.24 Å². The number of carbonyl (C=O) groups is 1. The maximum absolute atomic E-state index is 12.5. The number of oxazole rings is 1. The number of ether oxygens (including phenoxy) is 1. The fourth-order valence-corrected chi connectivity index (χ4v) is 3.53. The number of hydrogen-bond donors (Lipinski definition) is 0. The fourth-order valence-electron chi connectivity index (χ4n) is 2.81. The molecule has 5 nitrogen and oxygen atoms in total. The van der Waals surface area contributed by atoms with Crippen LogP contribution >= 0.6 is 11.8 Å². The molecule has 1 saturated heterocycles. The molecule has 4 rings (SSSR count). The van der Waals surface area contributed by atoms with E-state index in [0.29, 0.717) is 37.3 Å². The Morgan fingerprint density at radius 1 is 0.923 bits per heavy atom. The Morgan fingerprint density at radius 2 is 1.54 bits per heavy atom. The summed E-state index contributed by atoms with van der Waals surface area (Å²) in [5.41, 5.74) is 2.64. The summed E-state index contributed by atoms with van der Waals surface area (Å²) in [6.45, 7) is 2.35. The van der Waals surface area contributed by atoms with Crippen LogP contribution in [0.5, 0.6) is 0 Å². The molecule has 0 radical (unpaired) electrons. The van der Waals surface area contributed by atoms with Crippen molar-refractivity contribution in [1.29, 1.82) is 0 Å². The third-order valence-corrected chi connectivity index (χ3v) is 4.92. The minimum atomic E-state index is -0.0613. The van der Waals surface area contributed by atoms with Crippen molar-refractivity contribution in [1.82, 2.24) is 9.88 Å². The average molecular weight is 366 g/mol. The van der Waals surface area contributed by atoms with E-state index in [9.17, 15) is 4.79 Å². The van der Waals surface area contributed by atoms with Gasteiger partial charge < -0.3 is 14.1 Å². The number of nitrogens with zero attached hydrogens (tertiary/aromatic N) is 2. The predicted octanol–water partition coefficient (Wildman–Crippen LogP) is 4.55. The van der Waals surface area contributed by atoms with Crippen molar-refractivity contribution in [3.63, 3.8) is 0 Å². The summed E-state index contributed by atoms with van der Waals surface area (Å²) in [4.78, 5) is 18.9. The maximum atomic E-state index is 12.5. The van der Waals surface area contributed by atoms with Gasteiger partial charge >= 0.3 is 0 Å². The van der Waals surface area contributed by atoms with Gasteiger partial charge in [-0.15, -0.1) is 0 Å². The summed E-state index contributed by atoms with van der Waals surface area (Å²) < 4.78 is 11.3. The van der Waals surface area contributed by atoms with Crippen LogP contribution in [0.4, 0.5) is 4.79 Å². The molecule has 2 heterocycles. The molecular formula is C20H18N2O3S. The number of benzene rings is 2. The Morgan fingerprint density at radius 3 is 2.19 bits per heavy atom. The Hall–Kier alpha value is -2.57. The smallest absolute Gasteiger partial charge is 0.291 e. The van der Waals surface area contributed by atoms with Crippen molar-refractivity contribution in [3.05, 3.63) is 60.7 Å². The molecule has 0 spiro atoms. The highest BCUT2D eigenvalue weighted by Gasteiger charge is 2.23. The molecule has 0 bridgehead atoms. The molecule has 0 atom stereocenters. The molecule has 1 fully saturated rings. The number of aromatic nitrogens is 1. The van der Waals surface area contributed by atoms with Gasteiger partial charge in [-0.2, -0.15) is 0 Å². The highest BCUT2D eigenvalue weighted by Crippen LogP contribution is 2.36. The topological polar surface area (TPSA) is 55.6 Å². The van der Waals surface area contributed by atoms with Crippen molar-refractivity contribution in [2.45, 2.75) is 5.22 Å². The lowest BCUT2D eigenvalue weighted by Crippen LogP contribution is -2.38. The summed E-state index contributed by atoms with van der Waals surface area (Å²) in [5, 5.41) is 0.299. The zero-order valence-electron chi connectivity index (χ0n) is 14.1. The van der Waals surface area contributed by atoms with E-state index in [1.54, 1.807) is 4.90 Å². The third-order valence-electron chi connectivity index (χ3n) is 4.13. The van der Waals surface area contributed by atoms with Gasteiger partial charge in [-0.3, -0.25) is 4.79 Å². The van der Waals surface area contributed by atoms with Gasteiger partial charge in [0, 0.05) is 36.0 Å². The SMILES string of the molecule is O=C(Sc1nc(-c2ccccc2)c(-c2ccccc2)o1)N1CCOCC1. The van der Waals surface area contributed by atoms with E-state index >= 15 is 0 Å². The molecule has 6 heteroatoms. The van der Waals surface area contributed by atoms with E-state index in [4.69, 9.17) is 9.15 Å². The number of carbonyl (C=O) groups excluding carboxylic acids is 1. The van der Waals surface area contributed by atoms with Crippen molar-refractivity contribution in [2.75, 3.05) is 26.3 Å². The van der Waals surface area contributed by atoms with Gasteiger partial charge in [0.2, 0.25) is 0 Å². The van der Waals surface area contributed by atoms with Gasteiger partial charge in [-0.1, -0.05) is 60.7 Å². The summed E-state index contributed by atoms with van der Waals surface area (Å²) in [6.07, 6.45) is 0. The van der Waals surface area contributed by atoms with Crippen LogP contribution in [-0.2, 0) is 4.74 Å². The molecule has 3 aromatic rings. The van der Waals surface area contributed by atoms with Gasteiger partial charge in [0.1, 0.15) is 5.69 Å². The zero-order valence-corrected chi connectivity index (χ0v) is 14.9. The first-order chi connectivity index (χ1) is 12.8. The lowest BCUT2D eigenvalue weighted by atomic mass is 10.1. The number of thioether (sulfide) groups is 1. The normalized spacial score (nSPS) is 14.4. The van der Waals surface area contributed by atoms with Gasteiger partial charge in [0.15, 0.2) is 5.76 Å². The minimum absolute atomic E-state index is 0.0613. The van der Waals surface area contributed by atoms with Crippen LogP contribution in [0.25, 0.3) is 22.6 Å². The summed E-state index contributed by atoms with van der Waals surface area (Å²) in [5.74, 6) is 0.675. The van der Waals surface area contributed by atoms with Crippen molar-refractivity contribution in [3.8, 4) is 22.6 Å². The van der Waals surface area contributed by atoms with E-state index in [1.165, 1.54) is 0 Å². The van der Waals surface area contributed by atoms with E-state index in [2.05, 4.69) is 4.98 Å². The Kier molecular flexibility index (Phi) is 5.04. The Balaban J connectivity index is 1.66. The van der Waals surface area contributed by atoms with E-state index in [0.717, 1.165) is 28.6 Å². The Labute approximate surface area is 156 Å². The van der Waals surface area contributed by atoms with Gasteiger partial charge in [-0.25, -0.2) is 4.98 Å². The molecule has 0 N–H and O–H groups in total. The molecule has 0 saturated carbocycles. The lowest BCUT2D eigenvalue weighted by molar-refractivity contribution is 0.0592. The van der Waals surface area contributed by atoms with Crippen LogP contribution < -0.4 is 0 Å². The first-order valence-corrected chi connectivity index (χ1v) is 9.29. The van der Waals surface area contributed by atoms with Crippen LogP contribution in [0.2, 0.25) is 0 Å². The number of rotatable bonds is 3. The quantitative estimate of drug-likeness (QED) is 0.637. The molecule has 26 heavy (non-hydrogen) atoms. The monoisotopic (exact) mass is 366 g/mol. The average Bonchev–Trinajstić information content (AvgIpc) is 3.14. The zero-order chi connectivity index (χ0) is 17.8. The molecule has 1 aliphatic heterocycles. The molecular weight excluding hydrogens is 348 g/mol. The van der Waals surface area contributed by atoms with Gasteiger partial charge in [0.25, 0.3) is 10.5 Å². The number of amides is 1. The molecule has 132 valence electrons. The van der Waals surface area contributed by atoms with Crippen LogP contribution in [0.3, 0.4) is 0 Å². The van der Waals surface area contributed by atoms with E-state index in [1.807, 2.05) is 60.7 Å². The van der Waals surface area contributed by atoms with Gasteiger partial charge in [0.05, 0.1) is 13.2 Å². The molecule has 1 amide bonds. The lowest BCUT2D eigenvalue weighted by Gasteiger charge is -2.25. The second kappa shape index (κ2) is 7.76. The number of hydrogen-bond acceptors (Lipinski definition) is 5. The summed E-state index contributed by atoms with van der Waals surface area (Å²) in [7, 11) is 0. The van der Waals surface area contributed by atoms with Crippen LogP contribution in [0.15, 0.2) is 70.3 Å². The van der Waals surface area contributed by atoms with Crippen molar-refractivity contribution >= 4 is 17.0 Å². The Bertz CT molecular complexity index is 818. The second-order valence-electron chi connectivity index (χ2n) is 5.86. The molecule has 0 aliphatic carbocycles. The standard InChI is InChI=1S/C20H18N2O3S/c23-20(22-11-13-24-14-12-22)26-19-21-17(15-7-3-1-4-8-15)18(25-19)16-9-5-2-6-10-16/h1-10H,11-14H2. The van der Waals surface area contributed by atoms with Crippen molar-refractivity contribution < 1.29 is 13.9 Å². The molecule has 1 aliphatic rings. The summed E-state index contributed by atoms with van der Waals surface area (Å²) in [6, 6.07) is 19.7. The van der Waals surface area contributed by atoms with E-state index < -0.39 is 0 Å². The third kappa shape index (κ3) is 3.66. The summed E-state index contributed by atoms with van der Waals surface area (Å²) >= 11 is 1.03. The predicted molar refractivity (Wildman–Crippen MR) is 101 cm³/mol. The molecule has 1 aromatic heterocycles. The first-order valence-electron chi connectivity index (χ1n) is 8.47. The fraction of sp³-hybridized carbons (Fsp3) is 0.200. The largest absolute Gasteiger partial charge is 0.430 e. The van der Waals surface area contributed by atoms with Crippen molar-refractivity contribution in [2.24, 2.45) is 0 Å². The first kappa shape index (κ1) is 16.9. The van der Waals surface area contributed by atoms with Crippen LogP contribution in [0, 0.1) is 0 Å². The van der Waals surface area contributed by atoms with Crippen LogP contribution in [-0.4, -0.2) is 41.4 Å². The second-order valence-corrected chi connectivity index (χ2v) is 6.76. The minimum Gasteiger partial charge on any atom is -0.430 e. The maximum Gasteiger partial charge on any atom is 0.291 e.